The third-order valence-electron chi connectivity index (χ3n) is 3.16. The summed E-state index contributed by atoms with van der Waals surface area (Å²) >= 11 is 0. The molecule has 17 heavy (non-hydrogen) atoms. The summed E-state index contributed by atoms with van der Waals surface area (Å²) in [5.41, 5.74) is 5.95. The van der Waals surface area contributed by atoms with Gasteiger partial charge in [-0.05, 0) is 24.3 Å². The van der Waals surface area contributed by atoms with Crippen LogP contribution < -0.4 is 10.5 Å². The first-order valence-electron chi connectivity index (χ1n) is 5.66. The van der Waals surface area contributed by atoms with Crippen molar-refractivity contribution >= 4 is 23.2 Å². The van der Waals surface area contributed by atoms with Crippen LogP contribution in [0.4, 0.5) is 0 Å². The fraction of sp³-hybridized carbons (Fsp3) is 0.286. The maximum atomic E-state index is 6.01. The highest BCUT2D eigenvalue weighted by Gasteiger charge is 2.39. The second-order valence-corrected chi connectivity index (χ2v) is 4.63. The van der Waals surface area contributed by atoms with Gasteiger partial charge in [0.15, 0.2) is 0 Å². The first kappa shape index (κ1) is 12.2. The standard InChI is InChI=1S/C14H15NO.ClH/c15-14(8-9-14)10-16-13-7-3-5-11-4-1-2-6-12(11)13;/h1-7H,8-10,15H2;1H. The second-order valence-electron chi connectivity index (χ2n) is 4.63. The van der Waals surface area contributed by atoms with Crippen molar-refractivity contribution < 1.29 is 4.74 Å². The maximum Gasteiger partial charge on any atom is 0.127 e. The van der Waals surface area contributed by atoms with E-state index in [9.17, 15) is 0 Å². The first-order chi connectivity index (χ1) is 7.77. The minimum atomic E-state index is -0.0586. The molecule has 1 saturated carbocycles. The number of ether oxygens (including phenoxy) is 1. The van der Waals surface area contributed by atoms with Crippen LogP contribution >= 0.6 is 12.4 Å². The van der Waals surface area contributed by atoms with Crippen LogP contribution in [0.25, 0.3) is 10.8 Å². The Kier molecular flexibility index (Phi) is 3.27. The highest BCUT2D eigenvalue weighted by Crippen LogP contribution is 2.34. The number of rotatable bonds is 3. The van der Waals surface area contributed by atoms with Crippen LogP contribution in [0.15, 0.2) is 42.5 Å². The van der Waals surface area contributed by atoms with Gasteiger partial charge in [-0.3, -0.25) is 0 Å². The molecule has 0 unspecified atom stereocenters. The lowest BCUT2D eigenvalue weighted by Gasteiger charge is -2.12. The van der Waals surface area contributed by atoms with Crippen LogP contribution in [0.5, 0.6) is 5.75 Å². The second kappa shape index (κ2) is 4.55. The molecule has 0 amide bonds. The Bertz CT molecular complexity index is 517. The van der Waals surface area contributed by atoms with Crippen molar-refractivity contribution in [3.05, 3.63) is 42.5 Å². The quantitative estimate of drug-likeness (QED) is 0.907. The minimum absolute atomic E-state index is 0. The molecule has 0 aliphatic heterocycles. The summed E-state index contributed by atoms with van der Waals surface area (Å²) in [6.07, 6.45) is 2.16. The highest BCUT2D eigenvalue weighted by molar-refractivity contribution is 5.88. The van der Waals surface area contributed by atoms with Gasteiger partial charge >= 0.3 is 0 Å². The molecule has 3 rings (SSSR count). The molecule has 1 fully saturated rings. The molecule has 90 valence electrons. The lowest BCUT2D eigenvalue weighted by atomic mass is 10.1. The molecule has 3 heteroatoms. The summed E-state index contributed by atoms with van der Waals surface area (Å²) in [7, 11) is 0. The zero-order valence-electron chi connectivity index (χ0n) is 9.56. The Labute approximate surface area is 107 Å². The molecule has 0 bridgehead atoms. The zero-order chi connectivity index (χ0) is 11.0. The number of hydrogen-bond acceptors (Lipinski definition) is 2. The Balaban J connectivity index is 0.00000108. The van der Waals surface area contributed by atoms with Gasteiger partial charge in [-0.2, -0.15) is 0 Å². The van der Waals surface area contributed by atoms with Crippen LogP contribution in [-0.2, 0) is 0 Å². The van der Waals surface area contributed by atoms with Crippen LogP contribution in [0.1, 0.15) is 12.8 Å². The van der Waals surface area contributed by atoms with E-state index in [0.717, 1.165) is 24.0 Å². The average Bonchev–Trinajstić information content (AvgIpc) is 3.05. The highest BCUT2D eigenvalue weighted by atomic mass is 35.5. The van der Waals surface area contributed by atoms with E-state index >= 15 is 0 Å². The molecule has 2 aromatic rings. The summed E-state index contributed by atoms with van der Waals surface area (Å²) in [6.45, 7) is 0.626. The van der Waals surface area contributed by atoms with E-state index < -0.39 is 0 Å². The summed E-state index contributed by atoms with van der Waals surface area (Å²) in [5, 5.41) is 2.37. The van der Waals surface area contributed by atoms with Crippen molar-refractivity contribution in [2.75, 3.05) is 6.61 Å². The first-order valence-corrected chi connectivity index (χ1v) is 5.66. The minimum Gasteiger partial charge on any atom is -0.491 e. The fourth-order valence-electron chi connectivity index (χ4n) is 1.85. The van der Waals surface area contributed by atoms with E-state index in [1.807, 2.05) is 24.3 Å². The van der Waals surface area contributed by atoms with Crippen molar-refractivity contribution in [1.29, 1.82) is 0 Å². The van der Waals surface area contributed by atoms with Crippen LogP contribution in [0, 0.1) is 0 Å². The van der Waals surface area contributed by atoms with Gasteiger partial charge in [0.1, 0.15) is 12.4 Å². The number of fused-ring (bicyclic) bond motifs is 1. The molecule has 2 N–H and O–H groups in total. The van der Waals surface area contributed by atoms with E-state index in [1.54, 1.807) is 0 Å². The van der Waals surface area contributed by atoms with Gasteiger partial charge in [-0.15, -0.1) is 12.4 Å². The molecular weight excluding hydrogens is 234 g/mol. The van der Waals surface area contributed by atoms with Gasteiger partial charge in [-0.1, -0.05) is 36.4 Å². The van der Waals surface area contributed by atoms with Crippen LogP contribution in [-0.4, -0.2) is 12.1 Å². The molecule has 0 spiro atoms. The largest absolute Gasteiger partial charge is 0.491 e. The number of nitrogens with two attached hydrogens (primary N) is 1. The molecule has 0 heterocycles. The van der Waals surface area contributed by atoms with E-state index in [0.29, 0.717) is 6.61 Å². The zero-order valence-corrected chi connectivity index (χ0v) is 10.4. The number of halogens is 1. The molecule has 0 atom stereocenters. The Morgan fingerprint density at radius 2 is 1.76 bits per heavy atom. The molecule has 2 nitrogen and oxygen atoms in total. The molecule has 1 aliphatic rings. The van der Waals surface area contributed by atoms with Crippen molar-refractivity contribution in [3.8, 4) is 5.75 Å². The lowest BCUT2D eigenvalue weighted by molar-refractivity contribution is 0.282. The molecule has 0 aromatic heterocycles. The summed E-state index contributed by atoms with van der Waals surface area (Å²) in [4.78, 5) is 0. The molecular formula is C14H16ClNO. The summed E-state index contributed by atoms with van der Waals surface area (Å²) in [5.74, 6) is 0.940. The summed E-state index contributed by atoms with van der Waals surface area (Å²) in [6, 6.07) is 14.4. The van der Waals surface area contributed by atoms with E-state index in [4.69, 9.17) is 10.5 Å². The molecule has 0 saturated heterocycles. The Morgan fingerprint density at radius 1 is 1.06 bits per heavy atom. The van der Waals surface area contributed by atoms with E-state index in [2.05, 4.69) is 18.2 Å². The Morgan fingerprint density at radius 3 is 2.53 bits per heavy atom. The van der Waals surface area contributed by atoms with Crippen molar-refractivity contribution in [2.24, 2.45) is 5.73 Å². The molecule has 0 radical (unpaired) electrons. The van der Waals surface area contributed by atoms with Gasteiger partial charge in [0.05, 0.1) is 5.54 Å². The van der Waals surface area contributed by atoms with Gasteiger partial charge in [0, 0.05) is 5.39 Å². The van der Waals surface area contributed by atoms with Gasteiger partial charge in [0.2, 0.25) is 0 Å². The monoisotopic (exact) mass is 249 g/mol. The third kappa shape index (κ3) is 2.54. The fourth-order valence-corrected chi connectivity index (χ4v) is 1.85. The lowest BCUT2D eigenvalue weighted by Crippen LogP contribution is -2.29. The van der Waals surface area contributed by atoms with Gasteiger partial charge < -0.3 is 10.5 Å². The SMILES string of the molecule is Cl.NC1(COc2cccc3ccccc23)CC1. The smallest absolute Gasteiger partial charge is 0.127 e. The normalized spacial score (nSPS) is 16.3. The van der Waals surface area contributed by atoms with Crippen LogP contribution in [0.3, 0.4) is 0 Å². The Hall–Kier alpha value is -1.25. The molecule has 2 aromatic carbocycles. The predicted octanol–water partition coefficient (Wildman–Crippen LogP) is 3.13. The van der Waals surface area contributed by atoms with Crippen molar-refractivity contribution in [3.63, 3.8) is 0 Å². The average molecular weight is 250 g/mol. The topological polar surface area (TPSA) is 35.2 Å². The van der Waals surface area contributed by atoms with Gasteiger partial charge in [-0.25, -0.2) is 0 Å². The van der Waals surface area contributed by atoms with Gasteiger partial charge in [0.25, 0.3) is 0 Å². The van der Waals surface area contributed by atoms with E-state index in [-0.39, 0.29) is 17.9 Å². The predicted molar refractivity (Wildman–Crippen MR) is 72.8 cm³/mol. The number of hydrogen-bond donors (Lipinski definition) is 1. The van der Waals surface area contributed by atoms with Crippen molar-refractivity contribution in [2.45, 2.75) is 18.4 Å². The van der Waals surface area contributed by atoms with Crippen molar-refractivity contribution in [1.82, 2.24) is 0 Å². The molecule has 1 aliphatic carbocycles. The summed E-state index contributed by atoms with van der Waals surface area (Å²) < 4.78 is 5.82. The third-order valence-corrected chi connectivity index (χ3v) is 3.16. The van der Waals surface area contributed by atoms with E-state index in [1.165, 1.54) is 5.39 Å². The maximum absolute atomic E-state index is 6.01. The number of benzene rings is 2. The van der Waals surface area contributed by atoms with Crippen LogP contribution in [0.2, 0.25) is 0 Å².